The van der Waals surface area contributed by atoms with Crippen LogP contribution in [-0.4, -0.2) is 46.2 Å². The molecule has 2 aliphatic rings. The molecule has 1 aromatic heterocycles. The van der Waals surface area contributed by atoms with E-state index in [1.54, 1.807) is 11.1 Å². The van der Waals surface area contributed by atoms with Crippen LogP contribution >= 0.6 is 0 Å². The number of pyridine rings is 1. The Kier molecular flexibility index (Phi) is 7.30. The van der Waals surface area contributed by atoms with Crippen molar-refractivity contribution in [3.63, 3.8) is 0 Å². The fourth-order valence-electron chi connectivity index (χ4n) is 4.51. The summed E-state index contributed by atoms with van der Waals surface area (Å²) in [7, 11) is 0. The summed E-state index contributed by atoms with van der Waals surface area (Å²) in [5.74, 6) is -0.323. The van der Waals surface area contributed by atoms with Gasteiger partial charge in [0.25, 0.3) is 0 Å². The first-order valence-electron chi connectivity index (χ1n) is 11.4. The molecule has 2 saturated heterocycles. The Bertz CT molecular complexity index is 878. The summed E-state index contributed by atoms with van der Waals surface area (Å²) < 4.78 is 0. The monoisotopic (exact) mass is 420 g/mol. The molecular formula is C25H32N4O2. The number of likely N-dealkylation sites (tertiary alicyclic amines) is 2. The normalized spacial score (nSPS) is 19.9. The van der Waals surface area contributed by atoms with E-state index in [4.69, 9.17) is 0 Å². The van der Waals surface area contributed by atoms with Gasteiger partial charge in [0, 0.05) is 32.3 Å². The molecule has 2 fully saturated rings. The third-order valence-corrected chi connectivity index (χ3v) is 6.23. The maximum atomic E-state index is 12.7. The fraction of sp³-hybridized carbons (Fsp3) is 0.480. The molecule has 2 aromatic rings. The summed E-state index contributed by atoms with van der Waals surface area (Å²) in [6.07, 6.45) is 7.24. The number of rotatable bonds is 7. The van der Waals surface area contributed by atoms with Crippen LogP contribution in [-0.2, 0) is 29.2 Å². The third-order valence-electron chi connectivity index (χ3n) is 6.23. The van der Waals surface area contributed by atoms with Gasteiger partial charge < -0.3 is 10.2 Å². The quantitative estimate of drug-likeness (QED) is 0.747. The van der Waals surface area contributed by atoms with Gasteiger partial charge in [0.1, 0.15) is 0 Å². The third kappa shape index (κ3) is 6.14. The first-order valence-corrected chi connectivity index (χ1v) is 11.4. The van der Waals surface area contributed by atoms with Gasteiger partial charge in [0.2, 0.25) is 11.8 Å². The second-order valence-electron chi connectivity index (χ2n) is 8.72. The van der Waals surface area contributed by atoms with Gasteiger partial charge in [-0.1, -0.05) is 43.2 Å². The molecule has 6 heteroatoms. The number of amides is 2. The highest BCUT2D eigenvalue weighted by atomic mass is 16.2. The molecule has 0 unspecified atom stereocenters. The van der Waals surface area contributed by atoms with Crippen LogP contribution in [0.4, 0.5) is 0 Å². The van der Waals surface area contributed by atoms with Crippen LogP contribution < -0.4 is 5.32 Å². The number of nitrogens with one attached hydrogen (secondary N) is 1. The Hall–Kier alpha value is -2.73. The largest absolute Gasteiger partial charge is 0.352 e. The van der Waals surface area contributed by atoms with E-state index in [2.05, 4.69) is 39.5 Å². The van der Waals surface area contributed by atoms with Crippen molar-refractivity contribution in [2.24, 2.45) is 5.92 Å². The summed E-state index contributed by atoms with van der Waals surface area (Å²) in [5, 5.41) is 3.04. The van der Waals surface area contributed by atoms with Crippen molar-refractivity contribution in [3.8, 4) is 0 Å². The summed E-state index contributed by atoms with van der Waals surface area (Å²) >= 11 is 0. The summed E-state index contributed by atoms with van der Waals surface area (Å²) in [5.41, 5.74) is 3.25. The molecule has 2 aliphatic heterocycles. The summed E-state index contributed by atoms with van der Waals surface area (Å²) in [6, 6.07) is 14.2. The number of hydrogen-bond acceptors (Lipinski definition) is 4. The Balaban J connectivity index is 1.27. The van der Waals surface area contributed by atoms with Gasteiger partial charge in [-0.3, -0.25) is 19.5 Å². The van der Waals surface area contributed by atoms with Gasteiger partial charge in [-0.25, -0.2) is 0 Å². The minimum Gasteiger partial charge on any atom is -0.352 e. The van der Waals surface area contributed by atoms with E-state index >= 15 is 0 Å². The zero-order valence-electron chi connectivity index (χ0n) is 18.1. The zero-order chi connectivity index (χ0) is 21.5. The average molecular weight is 421 g/mol. The molecule has 1 aromatic carbocycles. The molecule has 0 bridgehead atoms. The molecule has 0 spiro atoms. The number of carbonyl (C=O) groups excluding carboxylic acids is 2. The van der Waals surface area contributed by atoms with Gasteiger partial charge in [-0.05, 0) is 49.2 Å². The molecule has 6 nitrogen and oxygen atoms in total. The van der Waals surface area contributed by atoms with E-state index in [9.17, 15) is 9.59 Å². The van der Waals surface area contributed by atoms with Crippen LogP contribution in [0.2, 0.25) is 0 Å². The summed E-state index contributed by atoms with van der Waals surface area (Å²) in [6.45, 7) is 4.73. The molecule has 1 atom stereocenters. The smallest absolute Gasteiger partial charge is 0.225 e. The van der Waals surface area contributed by atoms with Crippen LogP contribution in [0, 0.1) is 5.92 Å². The van der Waals surface area contributed by atoms with Crippen LogP contribution in [0.3, 0.4) is 0 Å². The minimum absolute atomic E-state index is 0.0188. The highest BCUT2D eigenvalue weighted by molar-refractivity contribution is 5.89. The predicted octanol–water partition coefficient (Wildman–Crippen LogP) is 3.12. The lowest BCUT2D eigenvalue weighted by molar-refractivity contribution is -0.129. The highest BCUT2D eigenvalue weighted by Crippen LogP contribution is 2.20. The highest BCUT2D eigenvalue weighted by Gasteiger charge is 2.34. The molecule has 164 valence electrons. The standard InChI is InChI=1S/C25H32N4O2/c30-24-15-22(18-29(24)19-23-10-3-4-11-26-23)25(31)27-16-20-8-7-9-21(14-20)17-28-12-5-1-2-6-13-28/h3-4,7-11,14,22H,1-2,5-6,12-13,15-19H2,(H,27,31)/t22-/m1/s1. The van der Waals surface area contributed by atoms with Crippen molar-refractivity contribution >= 4 is 11.8 Å². The summed E-state index contributed by atoms with van der Waals surface area (Å²) in [4.78, 5) is 33.6. The van der Waals surface area contributed by atoms with Gasteiger partial charge in [-0.2, -0.15) is 0 Å². The number of hydrogen-bond donors (Lipinski definition) is 1. The lowest BCUT2D eigenvalue weighted by Gasteiger charge is -2.20. The molecule has 1 N–H and O–H groups in total. The SMILES string of the molecule is O=C(NCc1cccc(CN2CCCCCC2)c1)[C@@H]1CC(=O)N(Cc2ccccn2)C1. The number of carbonyl (C=O) groups is 2. The molecular weight excluding hydrogens is 388 g/mol. The maximum Gasteiger partial charge on any atom is 0.225 e. The Morgan fingerprint density at radius 2 is 1.81 bits per heavy atom. The topological polar surface area (TPSA) is 65.5 Å². The number of nitrogens with zero attached hydrogens (tertiary/aromatic N) is 3. The molecule has 0 saturated carbocycles. The van der Waals surface area contributed by atoms with E-state index in [0.29, 0.717) is 19.6 Å². The number of aromatic nitrogens is 1. The van der Waals surface area contributed by atoms with Crippen molar-refractivity contribution in [3.05, 3.63) is 65.5 Å². The molecule has 3 heterocycles. The molecule has 31 heavy (non-hydrogen) atoms. The van der Waals surface area contributed by atoms with E-state index in [1.165, 1.54) is 44.3 Å². The van der Waals surface area contributed by atoms with Crippen molar-refractivity contribution in [2.75, 3.05) is 19.6 Å². The second-order valence-corrected chi connectivity index (χ2v) is 8.72. The van der Waals surface area contributed by atoms with Gasteiger partial charge in [0.15, 0.2) is 0 Å². The van der Waals surface area contributed by atoms with Crippen molar-refractivity contribution in [1.82, 2.24) is 20.1 Å². The van der Waals surface area contributed by atoms with E-state index in [0.717, 1.165) is 17.8 Å². The van der Waals surface area contributed by atoms with Gasteiger partial charge >= 0.3 is 0 Å². The maximum absolute atomic E-state index is 12.7. The van der Waals surface area contributed by atoms with Gasteiger partial charge in [-0.15, -0.1) is 0 Å². The van der Waals surface area contributed by atoms with Crippen molar-refractivity contribution in [2.45, 2.75) is 51.7 Å². The van der Waals surface area contributed by atoms with Crippen LogP contribution in [0.15, 0.2) is 48.7 Å². The zero-order valence-corrected chi connectivity index (χ0v) is 18.1. The van der Waals surface area contributed by atoms with Crippen LogP contribution in [0.1, 0.15) is 48.9 Å². The van der Waals surface area contributed by atoms with Crippen LogP contribution in [0.5, 0.6) is 0 Å². The van der Waals surface area contributed by atoms with Gasteiger partial charge in [0.05, 0.1) is 18.2 Å². The lowest BCUT2D eigenvalue weighted by atomic mass is 10.1. The molecule has 0 aliphatic carbocycles. The average Bonchev–Trinajstić information content (AvgIpc) is 2.98. The first kappa shape index (κ1) is 21.5. The molecule has 0 radical (unpaired) electrons. The van der Waals surface area contributed by atoms with E-state index < -0.39 is 0 Å². The molecule has 4 rings (SSSR count). The Morgan fingerprint density at radius 3 is 2.58 bits per heavy atom. The van der Waals surface area contributed by atoms with E-state index in [1.807, 2.05) is 18.2 Å². The Morgan fingerprint density at radius 1 is 1.00 bits per heavy atom. The van der Waals surface area contributed by atoms with Crippen molar-refractivity contribution in [1.29, 1.82) is 0 Å². The fourth-order valence-corrected chi connectivity index (χ4v) is 4.51. The molecule has 2 amide bonds. The van der Waals surface area contributed by atoms with Crippen LogP contribution in [0.25, 0.3) is 0 Å². The number of benzene rings is 1. The Labute approximate surface area is 184 Å². The first-order chi connectivity index (χ1) is 15.2. The lowest BCUT2D eigenvalue weighted by Crippen LogP contribution is -2.32. The minimum atomic E-state index is -0.295. The predicted molar refractivity (Wildman–Crippen MR) is 120 cm³/mol. The van der Waals surface area contributed by atoms with Crippen molar-refractivity contribution < 1.29 is 9.59 Å². The van der Waals surface area contributed by atoms with E-state index in [-0.39, 0.29) is 24.2 Å². The second kappa shape index (κ2) is 10.5.